The maximum atomic E-state index is 8.95. The standard InChI is InChI=1S/C15H11BrN4/c16-12-4-5-13-14(7-12)20(15(18)19-13)9-11-3-1-2-10(6-11)8-17/h1-7H,9H2,(H2,18,19). The molecule has 2 aromatic carbocycles. The molecule has 0 fully saturated rings. The van der Waals surface area contributed by atoms with Crippen molar-refractivity contribution in [3.05, 3.63) is 58.1 Å². The van der Waals surface area contributed by atoms with E-state index in [1.807, 2.05) is 41.0 Å². The number of nitriles is 1. The van der Waals surface area contributed by atoms with Crippen molar-refractivity contribution < 1.29 is 0 Å². The van der Waals surface area contributed by atoms with Crippen molar-refractivity contribution >= 4 is 32.9 Å². The Morgan fingerprint density at radius 1 is 1.25 bits per heavy atom. The van der Waals surface area contributed by atoms with Gasteiger partial charge in [0.25, 0.3) is 0 Å². The topological polar surface area (TPSA) is 67.6 Å². The van der Waals surface area contributed by atoms with E-state index in [9.17, 15) is 0 Å². The van der Waals surface area contributed by atoms with Gasteiger partial charge < -0.3 is 10.3 Å². The predicted octanol–water partition coefficient (Wildman–Crippen LogP) is 3.30. The summed E-state index contributed by atoms with van der Waals surface area (Å²) < 4.78 is 2.92. The van der Waals surface area contributed by atoms with Crippen LogP contribution in [0.15, 0.2) is 46.9 Å². The summed E-state index contributed by atoms with van der Waals surface area (Å²) in [7, 11) is 0. The van der Waals surface area contributed by atoms with E-state index in [2.05, 4.69) is 27.0 Å². The van der Waals surface area contributed by atoms with Crippen molar-refractivity contribution in [1.82, 2.24) is 9.55 Å². The van der Waals surface area contributed by atoms with Crippen LogP contribution in [0, 0.1) is 11.3 Å². The van der Waals surface area contributed by atoms with Crippen LogP contribution >= 0.6 is 15.9 Å². The Morgan fingerprint density at radius 3 is 2.90 bits per heavy atom. The van der Waals surface area contributed by atoms with Gasteiger partial charge in [0.1, 0.15) is 0 Å². The molecule has 5 heteroatoms. The zero-order valence-corrected chi connectivity index (χ0v) is 12.1. The van der Waals surface area contributed by atoms with Crippen LogP contribution < -0.4 is 5.73 Å². The van der Waals surface area contributed by atoms with Crippen LogP contribution in [0.1, 0.15) is 11.1 Å². The molecular formula is C15H11BrN4. The molecule has 0 unspecified atom stereocenters. The highest BCUT2D eigenvalue weighted by Gasteiger charge is 2.09. The number of anilines is 1. The van der Waals surface area contributed by atoms with Gasteiger partial charge >= 0.3 is 0 Å². The molecule has 0 amide bonds. The fourth-order valence-electron chi connectivity index (χ4n) is 2.20. The summed E-state index contributed by atoms with van der Waals surface area (Å²) in [6, 6.07) is 15.5. The molecule has 2 N–H and O–H groups in total. The number of imidazole rings is 1. The average molecular weight is 327 g/mol. The highest BCUT2D eigenvalue weighted by atomic mass is 79.9. The Bertz CT molecular complexity index is 829. The first kappa shape index (κ1) is 12.7. The SMILES string of the molecule is N#Cc1cccc(Cn2c(N)nc3ccc(Br)cc32)c1. The first-order valence-electron chi connectivity index (χ1n) is 6.07. The molecule has 1 aromatic heterocycles. The summed E-state index contributed by atoms with van der Waals surface area (Å²) >= 11 is 3.46. The van der Waals surface area contributed by atoms with E-state index in [-0.39, 0.29) is 0 Å². The average Bonchev–Trinajstić information content (AvgIpc) is 2.75. The molecule has 98 valence electrons. The predicted molar refractivity (Wildman–Crippen MR) is 82.1 cm³/mol. The van der Waals surface area contributed by atoms with Crippen LogP contribution in [-0.2, 0) is 6.54 Å². The summed E-state index contributed by atoms with van der Waals surface area (Å²) in [5.41, 5.74) is 9.50. The number of hydrogen-bond acceptors (Lipinski definition) is 3. The third-order valence-corrected chi connectivity index (χ3v) is 3.63. The molecule has 20 heavy (non-hydrogen) atoms. The van der Waals surface area contributed by atoms with Crippen LogP contribution in [0.5, 0.6) is 0 Å². The number of halogens is 1. The van der Waals surface area contributed by atoms with Gasteiger partial charge in [0.05, 0.1) is 29.2 Å². The maximum Gasteiger partial charge on any atom is 0.201 e. The summed E-state index contributed by atoms with van der Waals surface area (Å²) in [5.74, 6) is 0.473. The minimum Gasteiger partial charge on any atom is -0.369 e. The molecule has 0 atom stereocenters. The molecule has 3 rings (SSSR count). The van der Waals surface area contributed by atoms with Gasteiger partial charge in [-0.3, -0.25) is 0 Å². The van der Waals surface area contributed by atoms with Crippen LogP contribution in [-0.4, -0.2) is 9.55 Å². The Kier molecular flexibility index (Phi) is 3.17. The lowest BCUT2D eigenvalue weighted by Crippen LogP contribution is -2.04. The van der Waals surface area contributed by atoms with Crippen molar-refractivity contribution in [2.45, 2.75) is 6.54 Å². The number of nitrogens with two attached hydrogens (primary N) is 1. The van der Waals surface area contributed by atoms with Gasteiger partial charge in [-0.15, -0.1) is 0 Å². The number of rotatable bonds is 2. The molecule has 0 saturated heterocycles. The number of aromatic nitrogens is 2. The zero-order chi connectivity index (χ0) is 14.1. The summed E-state index contributed by atoms with van der Waals surface area (Å²) in [6.45, 7) is 0.592. The summed E-state index contributed by atoms with van der Waals surface area (Å²) in [5, 5.41) is 8.95. The van der Waals surface area contributed by atoms with Gasteiger partial charge in [-0.1, -0.05) is 28.1 Å². The van der Waals surface area contributed by atoms with E-state index in [0.717, 1.165) is 21.1 Å². The molecule has 0 aliphatic heterocycles. The van der Waals surface area contributed by atoms with Crippen LogP contribution in [0.3, 0.4) is 0 Å². The minimum atomic E-state index is 0.473. The first-order valence-corrected chi connectivity index (χ1v) is 6.87. The first-order chi connectivity index (χ1) is 9.67. The largest absolute Gasteiger partial charge is 0.369 e. The number of nitrogens with zero attached hydrogens (tertiary/aromatic N) is 3. The van der Waals surface area contributed by atoms with Gasteiger partial charge in [-0.25, -0.2) is 4.98 Å². The van der Waals surface area contributed by atoms with Gasteiger partial charge in [0.15, 0.2) is 0 Å². The summed E-state index contributed by atoms with van der Waals surface area (Å²) in [6.07, 6.45) is 0. The normalized spacial score (nSPS) is 10.6. The molecule has 0 aliphatic carbocycles. The molecule has 0 bridgehead atoms. The number of benzene rings is 2. The van der Waals surface area contributed by atoms with Gasteiger partial charge in [0, 0.05) is 4.47 Å². The second-order valence-electron chi connectivity index (χ2n) is 4.50. The third-order valence-electron chi connectivity index (χ3n) is 3.14. The van der Waals surface area contributed by atoms with Crippen molar-refractivity contribution in [1.29, 1.82) is 5.26 Å². The van der Waals surface area contributed by atoms with E-state index in [1.54, 1.807) is 6.07 Å². The number of fused-ring (bicyclic) bond motifs is 1. The number of hydrogen-bond donors (Lipinski definition) is 1. The quantitative estimate of drug-likeness (QED) is 0.785. The Balaban J connectivity index is 2.08. The monoisotopic (exact) mass is 326 g/mol. The lowest BCUT2D eigenvalue weighted by Gasteiger charge is -2.07. The zero-order valence-electron chi connectivity index (χ0n) is 10.5. The van der Waals surface area contributed by atoms with Gasteiger partial charge in [-0.05, 0) is 35.9 Å². The van der Waals surface area contributed by atoms with E-state index in [1.165, 1.54) is 0 Å². The van der Waals surface area contributed by atoms with E-state index in [0.29, 0.717) is 18.1 Å². The lowest BCUT2D eigenvalue weighted by molar-refractivity contribution is 0.838. The second-order valence-corrected chi connectivity index (χ2v) is 5.42. The fourth-order valence-corrected chi connectivity index (χ4v) is 2.55. The van der Waals surface area contributed by atoms with E-state index < -0.39 is 0 Å². The smallest absolute Gasteiger partial charge is 0.201 e. The molecular weight excluding hydrogens is 316 g/mol. The Labute approximate surface area is 124 Å². The fraction of sp³-hybridized carbons (Fsp3) is 0.0667. The molecule has 0 radical (unpaired) electrons. The highest BCUT2D eigenvalue weighted by Crippen LogP contribution is 2.23. The van der Waals surface area contributed by atoms with E-state index >= 15 is 0 Å². The molecule has 0 spiro atoms. The van der Waals surface area contributed by atoms with Crippen molar-refractivity contribution in [3.8, 4) is 6.07 Å². The highest BCUT2D eigenvalue weighted by molar-refractivity contribution is 9.10. The van der Waals surface area contributed by atoms with Crippen molar-refractivity contribution in [2.75, 3.05) is 5.73 Å². The molecule has 1 heterocycles. The molecule has 0 aliphatic rings. The second kappa shape index (κ2) is 4.99. The van der Waals surface area contributed by atoms with Crippen LogP contribution in [0.4, 0.5) is 5.95 Å². The van der Waals surface area contributed by atoms with E-state index in [4.69, 9.17) is 11.0 Å². The van der Waals surface area contributed by atoms with Crippen LogP contribution in [0.25, 0.3) is 11.0 Å². The minimum absolute atomic E-state index is 0.473. The van der Waals surface area contributed by atoms with Crippen LogP contribution in [0.2, 0.25) is 0 Å². The number of nitrogen functional groups attached to an aromatic ring is 1. The third kappa shape index (κ3) is 2.26. The van der Waals surface area contributed by atoms with Crippen molar-refractivity contribution in [3.63, 3.8) is 0 Å². The van der Waals surface area contributed by atoms with Gasteiger partial charge in [-0.2, -0.15) is 5.26 Å². The Morgan fingerprint density at radius 2 is 2.10 bits per heavy atom. The molecule has 3 aromatic rings. The van der Waals surface area contributed by atoms with Gasteiger partial charge in [0.2, 0.25) is 5.95 Å². The molecule has 4 nitrogen and oxygen atoms in total. The summed E-state index contributed by atoms with van der Waals surface area (Å²) in [4.78, 5) is 4.35. The Hall–Kier alpha value is -2.32. The molecule has 0 saturated carbocycles. The maximum absolute atomic E-state index is 8.95. The lowest BCUT2D eigenvalue weighted by atomic mass is 10.1. The van der Waals surface area contributed by atoms with Crippen molar-refractivity contribution in [2.24, 2.45) is 0 Å².